The standard InChI is InChI=1S/C21H26N2O4S/c1-4-23(5-2)28(25,26)20-8-6-7-17(14-20)21(24)22-12-11-16-9-10-19(27-3)13-18(16)15-22/h6-10,13-14H,4-5,11-12,15H2,1-3H3. The van der Waals surface area contributed by atoms with E-state index in [9.17, 15) is 13.2 Å². The van der Waals surface area contributed by atoms with Gasteiger partial charge >= 0.3 is 0 Å². The highest BCUT2D eigenvalue weighted by molar-refractivity contribution is 7.89. The Kier molecular flexibility index (Phi) is 6.05. The molecule has 7 heteroatoms. The van der Waals surface area contributed by atoms with Crippen LogP contribution in [0.1, 0.15) is 35.3 Å². The molecule has 0 atom stereocenters. The normalized spacial score (nSPS) is 14.1. The number of carbonyl (C=O) groups is 1. The fourth-order valence-corrected chi connectivity index (χ4v) is 5.02. The number of rotatable bonds is 6. The second-order valence-corrected chi connectivity index (χ2v) is 8.67. The molecule has 150 valence electrons. The Bertz CT molecular complexity index is 968. The van der Waals surface area contributed by atoms with Gasteiger partial charge in [0.25, 0.3) is 5.91 Å². The minimum atomic E-state index is -3.60. The van der Waals surface area contributed by atoms with Crippen molar-refractivity contribution < 1.29 is 17.9 Å². The number of hydrogen-bond donors (Lipinski definition) is 0. The molecule has 1 aliphatic heterocycles. The van der Waals surface area contributed by atoms with Crippen LogP contribution in [0.3, 0.4) is 0 Å². The highest BCUT2D eigenvalue weighted by Gasteiger charge is 2.25. The molecule has 0 saturated carbocycles. The third-order valence-electron chi connectivity index (χ3n) is 5.14. The van der Waals surface area contributed by atoms with Crippen LogP contribution < -0.4 is 4.74 Å². The zero-order chi connectivity index (χ0) is 20.3. The second kappa shape index (κ2) is 8.32. The number of amides is 1. The molecule has 3 rings (SSSR count). The van der Waals surface area contributed by atoms with Crippen molar-refractivity contribution in [1.29, 1.82) is 0 Å². The van der Waals surface area contributed by atoms with Gasteiger partial charge in [-0.1, -0.05) is 26.0 Å². The molecular formula is C21H26N2O4S. The summed E-state index contributed by atoms with van der Waals surface area (Å²) in [7, 11) is -1.98. The third kappa shape index (κ3) is 3.91. The van der Waals surface area contributed by atoms with E-state index in [1.165, 1.54) is 15.9 Å². The molecule has 6 nitrogen and oxygen atoms in total. The van der Waals surface area contributed by atoms with Crippen LogP contribution >= 0.6 is 0 Å². The molecule has 0 spiro atoms. The molecule has 1 heterocycles. The number of methoxy groups -OCH3 is 1. The molecule has 0 bridgehead atoms. The van der Waals surface area contributed by atoms with Crippen molar-refractivity contribution in [2.75, 3.05) is 26.7 Å². The molecular weight excluding hydrogens is 376 g/mol. The third-order valence-corrected chi connectivity index (χ3v) is 7.18. The van der Waals surface area contributed by atoms with Gasteiger partial charge in [0.15, 0.2) is 0 Å². The highest BCUT2D eigenvalue weighted by atomic mass is 32.2. The summed E-state index contributed by atoms with van der Waals surface area (Å²) in [6, 6.07) is 12.2. The quantitative estimate of drug-likeness (QED) is 0.745. The van der Waals surface area contributed by atoms with Crippen molar-refractivity contribution in [2.24, 2.45) is 0 Å². The van der Waals surface area contributed by atoms with Gasteiger partial charge in [-0.05, 0) is 47.9 Å². The summed E-state index contributed by atoms with van der Waals surface area (Å²) in [6.07, 6.45) is 0.766. The molecule has 0 N–H and O–H groups in total. The van der Waals surface area contributed by atoms with E-state index in [2.05, 4.69) is 0 Å². The number of ether oxygens (including phenoxy) is 1. The Balaban J connectivity index is 1.86. The number of carbonyl (C=O) groups excluding carboxylic acids is 1. The van der Waals surface area contributed by atoms with Crippen LogP contribution in [0.25, 0.3) is 0 Å². The predicted molar refractivity (Wildman–Crippen MR) is 108 cm³/mol. The zero-order valence-electron chi connectivity index (χ0n) is 16.5. The van der Waals surface area contributed by atoms with E-state index in [4.69, 9.17) is 4.74 Å². The highest BCUT2D eigenvalue weighted by Crippen LogP contribution is 2.25. The van der Waals surface area contributed by atoms with Gasteiger partial charge in [-0.15, -0.1) is 0 Å². The van der Waals surface area contributed by atoms with Gasteiger partial charge in [-0.25, -0.2) is 8.42 Å². The predicted octanol–water partition coefficient (Wildman–Crippen LogP) is 2.92. The Morgan fingerprint density at radius 3 is 2.54 bits per heavy atom. The van der Waals surface area contributed by atoms with Crippen LogP contribution in [0.4, 0.5) is 0 Å². The van der Waals surface area contributed by atoms with Crippen LogP contribution in [-0.4, -0.2) is 50.3 Å². The fourth-order valence-electron chi connectivity index (χ4n) is 3.52. The zero-order valence-corrected chi connectivity index (χ0v) is 17.3. The topological polar surface area (TPSA) is 66.9 Å². The molecule has 1 amide bonds. The average molecular weight is 403 g/mol. The summed E-state index contributed by atoms with van der Waals surface area (Å²) in [5.41, 5.74) is 2.66. The molecule has 28 heavy (non-hydrogen) atoms. The maximum absolute atomic E-state index is 13.0. The molecule has 0 saturated heterocycles. The van der Waals surface area contributed by atoms with Gasteiger partial charge in [0.1, 0.15) is 5.75 Å². The first kappa shape index (κ1) is 20.4. The smallest absolute Gasteiger partial charge is 0.254 e. The lowest BCUT2D eigenvalue weighted by molar-refractivity contribution is 0.0734. The van der Waals surface area contributed by atoms with Gasteiger partial charge in [0, 0.05) is 31.7 Å². The van der Waals surface area contributed by atoms with Crippen LogP contribution in [-0.2, 0) is 23.0 Å². The maximum Gasteiger partial charge on any atom is 0.254 e. The molecule has 2 aromatic carbocycles. The van der Waals surface area contributed by atoms with Crippen molar-refractivity contribution in [3.63, 3.8) is 0 Å². The Morgan fingerprint density at radius 1 is 1.11 bits per heavy atom. The van der Waals surface area contributed by atoms with Crippen molar-refractivity contribution >= 4 is 15.9 Å². The van der Waals surface area contributed by atoms with Gasteiger partial charge in [0.2, 0.25) is 10.0 Å². The first-order chi connectivity index (χ1) is 13.4. The van der Waals surface area contributed by atoms with E-state index >= 15 is 0 Å². The Labute approximate surface area is 166 Å². The molecule has 0 aliphatic carbocycles. The SMILES string of the molecule is CCN(CC)S(=O)(=O)c1cccc(C(=O)N2CCc3ccc(OC)cc3C2)c1. The summed E-state index contributed by atoms with van der Waals surface area (Å²) < 4.78 is 32.2. The number of hydrogen-bond acceptors (Lipinski definition) is 4. The molecule has 0 aromatic heterocycles. The van der Waals surface area contributed by atoms with Gasteiger partial charge in [-0.2, -0.15) is 4.31 Å². The molecule has 2 aromatic rings. The summed E-state index contributed by atoms with van der Waals surface area (Å²) in [4.78, 5) is 14.9. The first-order valence-electron chi connectivity index (χ1n) is 9.46. The summed E-state index contributed by atoms with van der Waals surface area (Å²) >= 11 is 0. The van der Waals surface area contributed by atoms with Crippen molar-refractivity contribution in [3.8, 4) is 5.75 Å². The van der Waals surface area contributed by atoms with E-state index in [1.54, 1.807) is 44.1 Å². The van der Waals surface area contributed by atoms with E-state index < -0.39 is 10.0 Å². The second-order valence-electron chi connectivity index (χ2n) is 6.73. The fraction of sp³-hybridized carbons (Fsp3) is 0.381. The van der Waals surface area contributed by atoms with E-state index in [0.29, 0.717) is 31.7 Å². The Morgan fingerprint density at radius 2 is 1.86 bits per heavy atom. The van der Waals surface area contributed by atoms with Crippen molar-refractivity contribution in [3.05, 3.63) is 59.2 Å². The summed E-state index contributed by atoms with van der Waals surface area (Å²) in [5.74, 6) is 0.602. The lowest BCUT2D eigenvalue weighted by Crippen LogP contribution is -2.36. The van der Waals surface area contributed by atoms with Crippen LogP contribution in [0.5, 0.6) is 5.75 Å². The summed E-state index contributed by atoms with van der Waals surface area (Å²) in [5, 5.41) is 0. The molecule has 0 fully saturated rings. The van der Waals surface area contributed by atoms with Crippen molar-refractivity contribution in [1.82, 2.24) is 9.21 Å². The minimum absolute atomic E-state index is 0.154. The largest absolute Gasteiger partial charge is 0.497 e. The van der Waals surface area contributed by atoms with Crippen LogP contribution in [0.15, 0.2) is 47.4 Å². The monoisotopic (exact) mass is 402 g/mol. The molecule has 1 aliphatic rings. The number of benzene rings is 2. The average Bonchev–Trinajstić information content (AvgIpc) is 2.73. The van der Waals surface area contributed by atoms with Gasteiger partial charge in [0.05, 0.1) is 12.0 Å². The number of fused-ring (bicyclic) bond motifs is 1. The number of nitrogens with zero attached hydrogens (tertiary/aromatic N) is 2. The van der Waals surface area contributed by atoms with Crippen LogP contribution in [0.2, 0.25) is 0 Å². The van der Waals surface area contributed by atoms with Crippen molar-refractivity contribution in [2.45, 2.75) is 31.7 Å². The molecule has 0 radical (unpaired) electrons. The van der Waals surface area contributed by atoms with Crippen LogP contribution in [0, 0.1) is 0 Å². The van der Waals surface area contributed by atoms with Gasteiger partial charge < -0.3 is 9.64 Å². The van der Waals surface area contributed by atoms with Gasteiger partial charge in [-0.3, -0.25) is 4.79 Å². The molecule has 0 unspecified atom stereocenters. The van der Waals surface area contributed by atoms with E-state index in [0.717, 1.165) is 17.7 Å². The van der Waals surface area contributed by atoms with E-state index in [1.807, 2.05) is 18.2 Å². The lowest BCUT2D eigenvalue weighted by atomic mass is 9.99. The minimum Gasteiger partial charge on any atom is -0.497 e. The maximum atomic E-state index is 13.0. The summed E-state index contributed by atoms with van der Waals surface area (Å²) in [6.45, 7) is 5.47. The van der Waals surface area contributed by atoms with E-state index in [-0.39, 0.29) is 10.8 Å². The lowest BCUT2D eigenvalue weighted by Gasteiger charge is -2.29. The number of sulfonamides is 1. The Hall–Kier alpha value is -2.38. The first-order valence-corrected chi connectivity index (χ1v) is 10.9.